The summed E-state index contributed by atoms with van der Waals surface area (Å²) < 4.78 is 5.42. The summed E-state index contributed by atoms with van der Waals surface area (Å²) in [5.41, 5.74) is 1.62. The quantitative estimate of drug-likeness (QED) is 0.406. The highest BCUT2D eigenvalue weighted by Crippen LogP contribution is 2.28. The van der Waals surface area contributed by atoms with E-state index in [1.807, 2.05) is 30.3 Å². The van der Waals surface area contributed by atoms with Gasteiger partial charge in [-0.3, -0.25) is 4.90 Å². The zero-order valence-corrected chi connectivity index (χ0v) is 20.0. The molecule has 1 unspecified atom stereocenters. The second-order valence-corrected chi connectivity index (χ2v) is 7.92. The van der Waals surface area contributed by atoms with Gasteiger partial charge in [-0.05, 0) is 19.2 Å². The summed E-state index contributed by atoms with van der Waals surface area (Å²) in [6.07, 6.45) is 0.594. The maximum Gasteiger partial charge on any atom is 0.414 e. The minimum atomic E-state index is -1.82. The standard InChI is InChI=1S/C18H21ClN4O.2C2H2O4/c1-22-6-8-23(9-7-22)13-14(12-20)10-15-11-18(24-21-15)16-4-2-3-5-17(16)19;2*3-1(4)2(5)6/h2-5,11,14H,6-10,13H2,1H3;2*(H,3,4)(H,5,6). The number of aliphatic carboxylic acids is 4. The van der Waals surface area contributed by atoms with Crippen LogP contribution in [0.2, 0.25) is 5.02 Å². The minimum absolute atomic E-state index is 0.0856. The van der Waals surface area contributed by atoms with Crippen molar-refractivity contribution in [2.45, 2.75) is 6.42 Å². The van der Waals surface area contributed by atoms with Gasteiger partial charge in [0.25, 0.3) is 0 Å². The fraction of sp³-hybridized carbons (Fsp3) is 0.364. The fourth-order valence-corrected chi connectivity index (χ4v) is 3.17. The molecule has 0 bridgehead atoms. The maximum atomic E-state index is 9.47. The normalized spacial score (nSPS) is 14.1. The molecule has 0 amide bonds. The van der Waals surface area contributed by atoms with E-state index in [0.717, 1.165) is 44.0 Å². The van der Waals surface area contributed by atoms with Gasteiger partial charge in [-0.25, -0.2) is 19.2 Å². The van der Waals surface area contributed by atoms with Crippen molar-refractivity contribution in [2.24, 2.45) is 5.92 Å². The Bertz CT molecular complexity index is 1040. The Labute approximate surface area is 210 Å². The molecular weight excluding hydrogens is 500 g/mol. The van der Waals surface area contributed by atoms with E-state index in [1.54, 1.807) is 0 Å². The van der Waals surface area contributed by atoms with Crippen molar-refractivity contribution in [3.05, 3.63) is 41.0 Å². The summed E-state index contributed by atoms with van der Waals surface area (Å²) in [4.78, 5) is 41.1. The van der Waals surface area contributed by atoms with Crippen molar-refractivity contribution < 1.29 is 44.1 Å². The van der Waals surface area contributed by atoms with Crippen LogP contribution in [-0.2, 0) is 25.6 Å². The number of nitrogens with zero attached hydrogens (tertiary/aromatic N) is 4. The highest BCUT2D eigenvalue weighted by molar-refractivity contribution is 6.33. The van der Waals surface area contributed by atoms with Crippen molar-refractivity contribution in [2.75, 3.05) is 39.8 Å². The third-order valence-electron chi connectivity index (χ3n) is 4.78. The third-order valence-corrected chi connectivity index (χ3v) is 5.11. The number of aromatic nitrogens is 1. The fourth-order valence-electron chi connectivity index (χ4n) is 2.94. The maximum absolute atomic E-state index is 9.47. The molecule has 1 aliphatic rings. The number of hydrogen-bond donors (Lipinski definition) is 4. The van der Waals surface area contributed by atoms with Crippen LogP contribution in [0.3, 0.4) is 0 Å². The Kier molecular flexibility index (Phi) is 12.6. The molecule has 0 radical (unpaired) electrons. The molecule has 36 heavy (non-hydrogen) atoms. The molecule has 13 nitrogen and oxygen atoms in total. The van der Waals surface area contributed by atoms with E-state index in [2.05, 4.69) is 28.1 Å². The molecule has 4 N–H and O–H groups in total. The van der Waals surface area contributed by atoms with Crippen molar-refractivity contribution in [1.82, 2.24) is 15.0 Å². The second kappa shape index (κ2) is 15.1. The average Bonchev–Trinajstić information content (AvgIpc) is 3.29. The van der Waals surface area contributed by atoms with Gasteiger partial charge in [0, 0.05) is 50.8 Å². The van der Waals surface area contributed by atoms with Crippen molar-refractivity contribution in [3.8, 4) is 17.4 Å². The van der Waals surface area contributed by atoms with E-state index in [-0.39, 0.29) is 5.92 Å². The van der Waals surface area contributed by atoms with Crippen LogP contribution in [-0.4, -0.2) is 99.0 Å². The number of rotatable bonds is 5. The number of piperazine rings is 1. The van der Waals surface area contributed by atoms with Crippen LogP contribution in [0.25, 0.3) is 11.3 Å². The number of nitriles is 1. The summed E-state index contributed by atoms with van der Waals surface area (Å²) in [6, 6.07) is 11.8. The Morgan fingerprint density at radius 2 is 1.56 bits per heavy atom. The molecule has 2 heterocycles. The molecule has 0 aliphatic carbocycles. The number of hydrogen-bond acceptors (Lipinski definition) is 9. The second-order valence-electron chi connectivity index (χ2n) is 7.52. The highest BCUT2D eigenvalue weighted by atomic mass is 35.5. The van der Waals surface area contributed by atoms with E-state index < -0.39 is 23.9 Å². The molecule has 194 valence electrons. The molecule has 1 atom stereocenters. The summed E-state index contributed by atoms with van der Waals surface area (Å²) >= 11 is 6.19. The smallest absolute Gasteiger partial charge is 0.414 e. The Morgan fingerprint density at radius 3 is 2.03 bits per heavy atom. The predicted octanol–water partition coefficient (Wildman–Crippen LogP) is 1.24. The van der Waals surface area contributed by atoms with Crippen molar-refractivity contribution in [3.63, 3.8) is 0 Å². The first kappa shape index (κ1) is 30.0. The summed E-state index contributed by atoms with van der Waals surface area (Å²) in [5.74, 6) is -6.74. The molecule has 2 aromatic rings. The van der Waals surface area contributed by atoms with E-state index in [0.29, 0.717) is 17.2 Å². The topological polar surface area (TPSA) is 205 Å². The molecule has 1 fully saturated rings. The van der Waals surface area contributed by atoms with Gasteiger partial charge in [0.2, 0.25) is 0 Å². The van der Waals surface area contributed by atoms with Crippen LogP contribution in [0.15, 0.2) is 34.9 Å². The minimum Gasteiger partial charge on any atom is -0.473 e. The van der Waals surface area contributed by atoms with Crippen LogP contribution in [0, 0.1) is 17.2 Å². The van der Waals surface area contributed by atoms with E-state index in [4.69, 9.17) is 55.7 Å². The zero-order chi connectivity index (χ0) is 27.3. The van der Waals surface area contributed by atoms with Crippen molar-refractivity contribution >= 4 is 35.5 Å². The van der Waals surface area contributed by atoms with Gasteiger partial charge >= 0.3 is 23.9 Å². The first-order valence-corrected chi connectivity index (χ1v) is 10.8. The van der Waals surface area contributed by atoms with Gasteiger partial charge in [0.05, 0.1) is 22.7 Å². The SMILES string of the molecule is CN1CCN(CC(C#N)Cc2cc(-c3ccccc3Cl)on2)CC1.O=C(O)C(=O)O.O=C(O)C(=O)O. The number of carbonyl (C=O) groups is 4. The molecular formula is C22H25ClN4O9. The number of carboxylic acids is 4. The van der Waals surface area contributed by atoms with Gasteiger partial charge in [0.15, 0.2) is 5.76 Å². The van der Waals surface area contributed by atoms with E-state index in [9.17, 15) is 5.26 Å². The third kappa shape index (κ3) is 11.0. The lowest BCUT2D eigenvalue weighted by Gasteiger charge is -2.33. The molecule has 1 aromatic carbocycles. The van der Waals surface area contributed by atoms with Gasteiger partial charge in [0.1, 0.15) is 0 Å². The Morgan fingerprint density at radius 1 is 1.03 bits per heavy atom. The zero-order valence-electron chi connectivity index (χ0n) is 19.2. The van der Waals surface area contributed by atoms with Gasteiger partial charge < -0.3 is 29.8 Å². The van der Waals surface area contributed by atoms with Gasteiger partial charge in [-0.1, -0.05) is 28.9 Å². The lowest BCUT2D eigenvalue weighted by molar-refractivity contribution is -0.159. The van der Waals surface area contributed by atoms with Crippen LogP contribution in [0.1, 0.15) is 5.69 Å². The summed E-state index contributed by atoms with van der Waals surface area (Å²) in [7, 11) is 2.13. The largest absolute Gasteiger partial charge is 0.473 e. The monoisotopic (exact) mass is 524 g/mol. The van der Waals surface area contributed by atoms with Gasteiger partial charge in [-0.15, -0.1) is 0 Å². The molecule has 0 spiro atoms. The van der Waals surface area contributed by atoms with Crippen LogP contribution in [0.5, 0.6) is 0 Å². The van der Waals surface area contributed by atoms with E-state index in [1.165, 1.54) is 0 Å². The molecule has 0 saturated carbocycles. The molecule has 14 heteroatoms. The predicted molar refractivity (Wildman–Crippen MR) is 124 cm³/mol. The highest BCUT2D eigenvalue weighted by Gasteiger charge is 2.20. The van der Waals surface area contributed by atoms with Crippen LogP contribution >= 0.6 is 11.6 Å². The number of likely N-dealkylation sites (N-methyl/N-ethyl adjacent to an activating group) is 1. The first-order valence-electron chi connectivity index (χ1n) is 10.4. The number of benzene rings is 1. The van der Waals surface area contributed by atoms with Crippen LogP contribution in [0.4, 0.5) is 0 Å². The Hall–Kier alpha value is -3.99. The van der Waals surface area contributed by atoms with Crippen LogP contribution < -0.4 is 0 Å². The molecule has 1 aromatic heterocycles. The number of carboxylic acid groups (broad SMARTS) is 4. The molecule has 1 saturated heterocycles. The summed E-state index contributed by atoms with van der Waals surface area (Å²) in [5, 5.41) is 43.8. The first-order chi connectivity index (χ1) is 16.9. The lowest BCUT2D eigenvalue weighted by atomic mass is 10.0. The van der Waals surface area contributed by atoms with E-state index >= 15 is 0 Å². The van der Waals surface area contributed by atoms with Gasteiger partial charge in [-0.2, -0.15) is 5.26 Å². The lowest BCUT2D eigenvalue weighted by Crippen LogP contribution is -2.46. The average molecular weight is 525 g/mol. The molecule has 3 rings (SSSR count). The summed E-state index contributed by atoms with van der Waals surface area (Å²) in [6.45, 7) is 4.91. The molecule has 1 aliphatic heterocycles. The van der Waals surface area contributed by atoms with Crippen molar-refractivity contribution in [1.29, 1.82) is 5.26 Å². The number of halogens is 1. The Balaban J connectivity index is 0.000000450.